The van der Waals surface area contributed by atoms with Gasteiger partial charge in [-0.1, -0.05) is 13.8 Å². The summed E-state index contributed by atoms with van der Waals surface area (Å²) in [6, 6.07) is 0.288. The van der Waals surface area contributed by atoms with Gasteiger partial charge < -0.3 is 10.1 Å². The minimum absolute atomic E-state index is 0.288. The van der Waals surface area contributed by atoms with Crippen molar-refractivity contribution in [2.45, 2.75) is 58.6 Å². The molecule has 2 unspecified atom stereocenters. The number of aromatic nitrogens is 1. The Balaban J connectivity index is 2.15. The smallest absolute Gasteiger partial charge is 0.113 e. The molecule has 0 saturated carbocycles. The summed E-state index contributed by atoms with van der Waals surface area (Å²) < 4.78 is 5.85. The molecule has 2 atom stereocenters. The first-order valence-corrected chi connectivity index (χ1v) is 7.89. The number of aryl methyl sites for hydroxylation is 2. The molecule has 1 aliphatic rings. The molecular weight excluding hydrogens is 244 g/mol. The van der Waals surface area contributed by atoms with Gasteiger partial charge in [0, 0.05) is 11.5 Å². The largest absolute Gasteiger partial charge is 0.376 e. The van der Waals surface area contributed by atoms with E-state index in [9.17, 15) is 0 Å². The lowest BCUT2D eigenvalue weighted by atomic mass is 10.1. The van der Waals surface area contributed by atoms with Crippen LogP contribution in [0.2, 0.25) is 0 Å². The fourth-order valence-corrected chi connectivity index (χ4v) is 3.59. The van der Waals surface area contributed by atoms with Gasteiger partial charge in [-0.25, -0.2) is 4.98 Å². The molecule has 0 aliphatic carbocycles. The second kappa shape index (κ2) is 6.64. The molecule has 1 fully saturated rings. The molecule has 0 aromatic carbocycles. The van der Waals surface area contributed by atoms with E-state index in [1.54, 1.807) is 0 Å². The van der Waals surface area contributed by atoms with Crippen molar-refractivity contribution < 1.29 is 4.74 Å². The normalized spacial score (nSPS) is 21.4. The number of ether oxygens (including phenoxy) is 1. The topological polar surface area (TPSA) is 34.2 Å². The van der Waals surface area contributed by atoms with E-state index in [0.29, 0.717) is 6.10 Å². The van der Waals surface area contributed by atoms with E-state index in [1.165, 1.54) is 22.0 Å². The van der Waals surface area contributed by atoms with Crippen LogP contribution in [0.3, 0.4) is 0 Å². The molecule has 3 nitrogen and oxygen atoms in total. The van der Waals surface area contributed by atoms with E-state index >= 15 is 0 Å². The maximum atomic E-state index is 5.85. The Hall–Kier alpha value is -0.450. The molecule has 4 heteroatoms. The van der Waals surface area contributed by atoms with Gasteiger partial charge >= 0.3 is 0 Å². The highest BCUT2D eigenvalue weighted by Gasteiger charge is 2.29. The van der Waals surface area contributed by atoms with Crippen molar-refractivity contribution in [2.24, 2.45) is 0 Å². The Morgan fingerprint density at radius 1 is 1.50 bits per heavy atom. The molecule has 2 rings (SSSR count). The third-order valence-electron chi connectivity index (χ3n) is 3.46. The van der Waals surface area contributed by atoms with Crippen molar-refractivity contribution in [3.63, 3.8) is 0 Å². The number of rotatable bonds is 6. The summed E-state index contributed by atoms with van der Waals surface area (Å²) in [6.07, 6.45) is 4.82. The molecule has 0 spiro atoms. The average Bonchev–Trinajstić information content (AvgIpc) is 3.00. The predicted molar refractivity (Wildman–Crippen MR) is 76.2 cm³/mol. The summed E-state index contributed by atoms with van der Waals surface area (Å²) in [5, 5.41) is 4.83. The quantitative estimate of drug-likeness (QED) is 0.860. The van der Waals surface area contributed by atoms with Gasteiger partial charge in [0.2, 0.25) is 0 Å². The predicted octanol–water partition coefficient (Wildman–Crippen LogP) is 3.23. The summed E-state index contributed by atoms with van der Waals surface area (Å²) in [5.41, 5.74) is 1.25. The van der Waals surface area contributed by atoms with E-state index in [2.05, 4.69) is 26.1 Å². The first-order chi connectivity index (χ1) is 8.76. The van der Waals surface area contributed by atoms with Crippen LogP contribution in [0, 0.1) is 6.92 Å². The van der Waals surface area contributed by atoms with Crippen molar-refractivity contribution in [1.82, 2.24) is 10.3 Å². The second-order valence-corrected chi connectivity index (χ2v) is 6.13. The zero-order chi connectivity index (χ0) is 13.0. The summed E-state index contributed by atoms with van der Waals surface area (Å²) in [6.45, 7) is 8.48. The summed E-state index contributed by atoms with van der Waals surface area (Å²) in [7, 11) is 0. The highest BCUT2D eigenvalue weighted by molar-refractivity contribution is 7.11. The lowest BCUT2D eigenvalue weighted by Crippen LogP contribution is -2.32. The van der Waals surface area contributed by atoms with E-state index < -0.39 is 0 Å². The molecule has 102 valence electrons. The highest BCUT2D eigenvalue weighted by atomic mass is 32.1. The SMILES string of the molecule is CCCNC(c1nc(CC)c(C)s1)C1CCCO1. The number of thiazole rings is 1. The second-order valence-electron chi connectivity index (χ2n) is 4.89. The van der Waals surface area contributed by atoms with Crippen molar-refractivity contribution in [3.8, 4) is 0 Å². The Morgan fingerprint density at radius 3 is 2.89 bits per heavy atom. The lowest BCUT2D eigenvalue weighted by molar-refractivity contribution is 0.0782. The highest BCUT2D eigenvalue weighted by Crippen LogP contribution is 2.31. The fourth-order valence-electron chi connectivity index (χ4n) is 2.45. The minimum Gasteiger partial charge on any atom is -0.376 e. The van der Waals surface area contributed by atoms with Crippen LogP contribution in [0.25, 0.3) is 0 Å². The van der Waals surface area contributed by atoms with Crippen molar-refractivity contribution >= 4 is 11.3 Å². The molecule has 1 aromatic rings. The van der Waals surface area contributed by atoms with Crippen LogP contribution in [0.1, 0.15) is 54.7 Å². The zero-order valence-corrected chi connectivity index (χ0v) is 12.5. The zero-order valence-electron chi connectivity index (χ0n) is 11.7. The minimum atomic E-state index is 0.288. The maximum absolute atomic E-state index is 5.85. The Labute approximate surface area is 114 Å². The Kier molecular flexibility index (Phi) is 5.15. The number of hydrogen-bond acceptors (Lipinski definition) is 4. The van der Waals surface area contributed by atoms with Crippen LogP contribution in [0.5, 0.6) is 0 Å². The van der Waals surface area contributed by atoms with Crippen LogP contribution in [-0.2, 0) is 11.2 Å². The fraction of sp³-hybridized carbons (Fsp3) is 0.786. The van der Waals surface area contributed by atoms with Crippen LogP contribution < -0.4 is 5.32 Å². The van der Waals surface area contributed by atoms with E-state index in [-0.39, 0.29) is 6.04 Å². The van der Waals surface area contributed by atoms with Crippen molar-refractivity contribution in [2.75, 3.05) is 13.2 Å². The van der Waals surface area contributed by atoms with Crippen LogP contribution in [-0.4, -0.2) is 24.2 Å². The standard InChI is InChI=1S/C14H24N2OS/c1-4-8-15-13(12-7-6-9-17-12)14-16-11(5-2)10(3)18-14/h12-13,15H,4-9H2,1-3H3. The molecule has 1 aliphatic heterocycles. The first kappa shape index (κ1) is 14.0. The molecule has 18 heavy (non-hydrogen) atoms. The molecule has 1 saturated heterocycles. The molecule has 0 amide bonds. The van der Waals surface area contributed by atoms with Crippen LogP contribution in [0.4, 0.5) is 0 Å². The third-order valence-corrected chi connectivity index (χ3v) is 4.56. The molecule has 0 radical (unpaired) electrons. The van der Waals surface area contributed by atoms with Gasteiger partial charge in [-0.2, -0.15) is 0 Å². The Bertz CT molecular complexity index is 372. The van der Waals surface area contributed by atoms with Gasteiger partial charge in [-0.15, -0.1) is 11.3 Å². The molecule has 1 aromatic heterocycles. The summed E-state index contributed by atoms with van der Waals surface area (Å²) in [4.78, 5) is 6.16. The van der Waals surface area contributed by atoms with E-state index in [4.69, 9.17) is 9.72 Å². The summed E-state index contributed by atoms with van der Waals surface area (Å²) in [5.74, 6) is 0. The van der Waals surface area contributed by atoms with Crippen molar-refractivity contribution in [3.05, 3.63) is 15.6 Å². The third kappa shape index (κ3) is 3.11. The first-order valence-electron chi connectivity index (χ1n) is 7.07. The van der Waals surface area contributed by atoms with E-state index in [1.807, 2.05) is 11.3 Å². The van der Waals surface area contributed by atoms with E-state index in [0.717, 1.165) is 32.4 Å². The Morgan fingerprint density at radius 2 is 2.33 bits per heavy atom. The number of nitrogens with zero attached hydrogens (tertiary/aromatic N) is 1. The van der Waals surface area contributed by atoms with Gasteiger partial charge in [0.25, 0.3) is 0 Å². The van der Waals surface area contributed by atoms with Crippen LogP contribution >= 0.6 is 11.3 Å². The molecule has 2 heterocycles. The number of hydrogen-bond donors (Lipinski definition) is 1. The van der Waals surface area contributed by atoms with Gasteiger partial charge in [0.15, 0.2) is 0 Å². The monoisotopic (exact) mass is 268 g/mol. The summed E-state index contributed by atoms with van der Waals surface area (Å²) >= 11 is 1.83. The molecular formula is C14H24N2OS. The average molecular weight is 268 g/mol. The van der Waals surface area contributed by atoms with Gasteiger partial charge in [0.05, 0.1) is 17.8 Å². The molecule has 1 N–H and O–H groups in total. The lowest BCUT2D eigenvalue weighted by Gasteiger charge is -2.22. The van der Waals surface area contributed by atoms with Gasteiger partial charge in [-0.05, 0) is 39.2 Å². The maximum Gasteiger partial charge on any atom is 0.113 e. The molecule has 0 bridgehead atoms. The van der Waals surface area contributed by atoms with Gasteiger partial charge in [-0.3, -0.25) is 0 Å². The van der Waals surface area contributed by atoms with Crippen molar-refractivity contribution in [1.29, 1.82) is 0 Å². The number of nitrogens with one attached hydrogen (secondary N) is 1. The van der Waals surface area contributed by atoms with Crippen LogP contribution in [0.15, 0.2) is 0 Å². The van der Waals surface area contributed by atoms with Gasteiger partial charge in [0.1, 0.15) is 5.01 Å².